The molecule has 0 aromatic carbocycles. The molecular weight excluding hydrogens is 272 g/mol. The summed E-state index contributed by atoms with van der Waals surface area (Å²) in [5.41, 5.74) is -0.166. The van der Waals surface area contributed by atoms with Gasteiger partial charge in [-0.2, -0.15) is 5.26 Å². The fourth-order valence-electron chi connectivity index (χ4n) is 2.64. The first kappa shape index (κ1) is 13.3. The van der Waals surface area contributed by atoms with Crippen molar-refractivity contribution < 1.29 is 0 Å². The quantitative estimate of drug-likeness (QED) is 0.915. The van der Waals surface area contributed by atoms with E-state index in [9.17, 15) is 10.1 Å². The van der Waals surface area contributed by atoms with E-state index in [4.69, 9.17) is 0 Å². The summed E-state index contributed by atoms with van der Waals surface area (Å²) in [5.74, 6) is 2.71. The normalized spacial score (nSPS) is 21.4. The third-order valence-electron chi connectivity index (χ3n) is 3.68. The van der Waals surface area contributed by atoms with Crippen LogP contribution in [0.4, 0.5) is 5.82 Å². The van der Waals surface area contributed by atoms with Crippen molar-refractivity contribution >= 4 is 17.6 Å². The molecule has 2 aliphatic rings. The summed E-state index contributed by atoms with van der Waals surface area (Å²) in [7, 11) is 0. The molecule has 20 heavy (non-hydrogen) atoms. The lowest BCUT2D eigenvalue weighted by Gasteiger charge is -2.18. The highest BCUT2D eigenvalue weighted by Crippen LogP contribution is 2.24. The van der Waals surface area contributed by atoms with Gasteiger partial charge in [0.25, 0.3) is 5.56 Å². The first-order chi connectivity index (χ1) is 9.78. The molecule has 104 valence electrons. The third-order valence-corrected chi connectivity index (χ3v) is 4.65. The molecular formula is C14H16N4OS. The molecule has 1 aromatic rings. The monoisotopic (exact) mass is 288 g/mol. The molecule has 0 bridgehead atoms. The number of thioether (sulfide) groups is 1. The van der Waals surface area contributed by atoms with Gasteiger partial charge in [-0.15, -0.1) is 11.8 Å². The van der Waals surface area contributed by atoms with Crippen molar-refractivity contribution in [3.63, 3.8) is 0 Å². The molecule has 0 spiro atoms. The average molecular weight is 288 g/mol. The predicted molar refractivity (Wildman–Crippen MR) is 79.8 cm³/mol. The number of allylic oxidation sites excluding steroid dienone is 1. The molecule has 0 saturated carbocycles. The van der Waals surface area contributed by atoms with Gasteiger partial charge in [0.05, 0.1) is 0 Å². The summed E-state index contributed by atoms with van der Waals surface area (Å²) >= 11 is 1.78. The maximum Gasteiger partial charge on any atom is 0.271 e. The molecule has 1 aromatic heterocycles. The SMILES string of the molecule is N#Cc1c(N2CCCC2)nc(CC2C=CSC2)[nH]c1=O. The number of nitrogens with one attached hydrogen (secondary N) is 1. The Morgan fingerprint density at radius 2 is 2.30 bits per heavy atom. The molecule has 1 N–H and O–H groups in total. The van der Waals surface area contributed by atoms with E-state index in [1.807, 2.05) is 6.07 Å². The largest absolute Gasteiger partial charge is 0.355 e. The van der Waals surface area contributed by atoms with Crippen LogP contribution in [0.2, 0.25) is 0 Å². The lowest BCUT2D eigenvalue weighted by Crippen LogP contribution is -2.27. The van der Waals surface area contributed by atoms with Gasteiger partial charge in [0.15, 0.2) is 11.4 Å². The Labute approximate surface area is 121 Å². The molecule has 0 radical (unpaired) electrons. The van der Waals surface area contributed by atoms with Gasteiger partial charge in [-0.1, -0.05) is 6.08 Å². The number of rotatable bonds is 3. The van der Waals surface area contributed by atoms with E-state index in [0.29, 0.717) is 17.6 Å². The molecule has 2 aliphatic heterocycles. The Balaban J connectivity index is 1.94. The zero-order valence-corrected chi connectivity index (χ0v) is 11.9. The average Bonchev–Trinajstić information content (AvgIpc) is 3.11. The Morgan fingerprint density at radius 1 is 1.50 bits per heavy atom. The minimum absolute atomic E-state index is 0.145. The molecule has 1 atom stereocenters. The van der Waals surface area contributed by atoms with Gasteiger partial charge in [-0.25, -0.2) is 4.98 Å². The second kappa shape index (κ2) is 5.71. The number of anilines is 1. The number of hydrogen-bond acceptors (Lipinski definition) is 5. The lowest BCUT2D eigenvalue weighted by atomic mass is 10.1. The summed E-state index contributed by atoms with van der Waals surface area (Å²) in [6.07, 6.45) is 5.07. The van der Waals surface area contributed by atoms with Gasteiger partial charge < -0.3 is 9.88 Å². The number of nitriles is 1. The first-order valence-electron chi connectivity index (χ1n) is 6.84. The van der Waals surface area contributed by atoms with E-state index >= 15 is 0 Å². The summed E-state index contributed by atoms with van der Waals surface area (Å²) in [6.45, 7) is 1.76. The molecule has 3 rings (SSSR count). The zero-order chi connectivity index (χ0) is 13.9. The van der Waals surface area contributed by atoms with E-state index in [1.54, 1.807) is 11.8 Å². The fraction of sp³-hybridized carbons (Fsp3) is 0.500. The van der Waals surface area contributed by atoms with E-state index in [2.05, 4.69) is 26.4 Å². The lowest BCUT2D eigenvalue weighted by molar-refractivity contribution is 0.696. The molecule has 6 heteroatoms. The molecule has 1 fully saturated rings. The Morgan fingerprint density at radius 3 is 2.95 bits per heavy atom. The van der Waals surface area contributed by atoms with Gasteiger partial charge >= 0.3 is 0 Å². The van der Waals surface area contributed by atoms with Crippen molar-refractivity contribution in [1.82, 2.24) is 9.97 Å². The molecule has 1 unspecified atom stereocenters. The minimum Gasteiger partial charge on any atom is -0.355 e. The van der Waals surface area contributed by atoms with Crippen molar-refractivity contribution in [1.29, 1.82) is 5.26 Å². The van der Waals surface area contributed by atoms with Gasteiger partial charge in [0, 0.05) is 25.3 Å². The first-order valence-corrected chi connectivity index (χ1v) is 7.89. The van der Waals surface area contributed by atoms with Gasteiger partial charge in [-0.3, -0.25) is 4.79 Å². The number of H-pyrrole nitrogens is 1. The van der Waals surface area contributed by atoms with Crippen molar-refractivity contribution in [3.05, 3.63) is 33.2 Å². The van der Waals surface area contributed by atoms with Crippen LogP contribution in [0.15, 0.2) is 16.3 Å². The molecule has 5 nitrogen and oxygen atoms in total. The van der Waals surface area contributed by atoms with Crippen LogP contribution >= 0.6 is 11.8 Å². The van der Waals surface area contributed by atoms with Crippen molar-refractivity contribution in [2.75, 3.05) is 23.7 Å². The number of aromatic amines is 1. The van der Waals surface area contributed by atoms with Crippen LogP contribution in [-0.2, 0) is 6.42 Å². The summed E-state index contributed by atoms with van der Waals surface area (Å²) in [5, 5.41) is 11.3. The highest BCUT2D eigenvalue weighted by Gasteiger charge is 2.21. The maximum atomic E-state index is 12.1. The summed E-state index contributed by atoms with van der Waals surface area (Å²) < 4.78 is 0. The summed E-state index contributed by atoms with van der Waals surface area (Å²) in [6, 6.07) is 2.00. The Hall–Kier alpha value is -1.74. The van der Waals surface area contributed by atoms with Crippen LogP contribution < -0.4 is 10.5 Å². The third kappa shape index (κ3) is 2.59. The molecule has 1 saturated heterocycles. The number of aromatic nitrogens is 2. The van der Waals surface area contributed by atoms with Gasteiger partial charge in [0.1, 0.15) is 11.9 Å². The van der Waals surface area contributed by atoms with Crippen molar-refractivity contribution in [2.45, 2.75) is 19.3 Å². The van der Waals surface area contributed by atoms with E-state index in [0.717, 1.165) is 38.1 Å². The Bertz CT molecular complexity index is 625. The Kier molecular flexibility index (Phi) is 3.79. The molecule has 0 aliphatic carbocycles. The van der Waals surface area contributed by atoms with E-state index in [1.165, 1.54) is 0 Å². The topological polar surface area (TPSA) is 72.8 Å². The van der Waals surface area contributed by atoms with Crippen LogP contribution in [-0.4, -0.2) is 28.8 Å². The fourth-order valence-corrected chi connectivity index (χ4v) is 3.56. The molecule has 0 amide bonds. The van der Waals surface area contributed by atoms with E-state index in [-0.39, 0.29) is 11.1 Å². The maximum absolute atomic E-state index is 12.1. The van der Waals surface area contributed by atoms with E-state index < -0.39 is 0 Å². The minimum atomic E-state index is -0.311. The van der Waals surface area contributed by atoms with Crippen LogP contribution in [0.3, 0.4) is 0 Å². The van der Waals surface area contributed by atoms with Crippen LogP contribution in [0.1, 0.15) is 24.2 Å². The van der Waals surface area contributed by atoms with Crippen LogP contribution in [0, 0.1) is 17.2 Å². The second-order valence-electron chi connectivity index (χ2n) is 5.14. The predicted octanol–water partition coefficient (Wildman–Crippen LogP) is 1.66. The second-order valence-corrected chi connectivity index (χ2v) is 6.08. The zero-order valence-electron chi connectivity index (χ0n) is 11.1. The molecule has 3 heterocycles. The van der Waals surface area contributed by atoms with Crippen LogP contribution in [0.5, 0.6) is 0 Å². The number of nitrogens with zero attached hydrogens (tertiary/aromatic N) is 3. The highest BCUT2D eigenvalue weighted by molar-refractivity contribution is 8.02. The summed E-state index contributed by atoms with van der Waals surface area (Å²) in [4.78, 5) is 21.4. The van der Waals surface area contributed by atoms with Crippen molar-refractivity contribution in [2.24, 2.45) is 5.92 Å². The van der Waals surface area contributed by atoms with Gasteiger partial charge in [-0.05, 0) is 24.2 Å². The highest BCUT2D eigenvalue weighted by atomic mass is 32.2. The standard InChI is InChI=1S/C14H16N4OS/c15-8-11-13(18-4-1-2-5-18)16-12(17-14(11)19)7-10-3-6-20-9-10/h3,6,10H,1-2,4-5,7,9H2,(H,16,17,19). The van der Waals surface area contributed by atoms with Crippen LogP contribution in [0.25, 0.3) is 0 Å². The number of hydrogen-bond donors (Lipinski definition) is 1. The van der Waals surface area contributed by atoms with Gasteiger partial charge in [0.2, 0.25) is 0 Å². The van der Waals surface area contributed by atoms with Crippen molar-refractivity contribution in [3.8, 4) is 6.07 Å². The smallest absolute Gasteiger partial charge is 0.271 e.